The van der Waals surface area contributed by atoms with E-state index in [9.17, 15) is 9.59 Å². The number of rotatable bonds is 6. The normalized spacial score (nSPS) is 24.6. The number of hydrogen-bond acceptors (Lipinski definition) is 4. The largest absolute Gasteiger partial charge is 0.466 e. The van der Waals surface area contributed by atoms with Gasteiger partial charge in [-0.15, -0.1) is 0 Å². The first kappa shape index (κ1) is 15.9. The third-order valence-corrected chi connectivity index (χ3v) is 3.49. The van der Waals surface area contributed by atoms with Gasteiger partial charge in [-0.3, -0.25) is 4.79 Å². The SMILES string of the molecule is CCOC(=O)C[C@H](C(=O)OCC)[NH+]1CC[NH+](C)CC1. The van der Waals surface area contributed by atoms with Crippen LogP contribution in [0.25, 0.3) is 0 Å². The van der Waals surface area contributed by atoms with E-state index in [1.807, 2.05) is 0 Å². The summed E-state index contributed by atoms with van der Waals surface area (Å²) in [5.41, 5.74) is 0. The van der Waals surface area contributed by atoms with Crippen molar-refractivity contribution in [2.24, 2.45) is 0 Å². The van der Waals surface area contributed by atoms with Gasteiger partial charge in [0, 0.05) is 0 Å². The Kier molecular flexibility index (Phi) is 6.80. The average Bonchev–Trinajstić information content (AvgIpc) is 2.38. The molecule has 1 heterocycles. The number of esters is 2. The predicted molar refractivity (Wildman–Crippen MR) is 69.0 cm³/mol. The number of carbonyl (C=O) groups is 2. The molecule has 1 fully saturated rings. The fourth-order valence-corrected chi connectivity index (χ4v) is 2.37. The van der Waals surface area contributed by atoms with Gasteiger partial charge in [-0.25, -0.2) is 4.79 Å². The predicted octanol–water partition coefficient (Wildman–Crippen LogP) is -2.72. The summed E-state index contributed by atoms with van der Waals surface area (Å²) in [6.45, 7) is 8.02. The van der Waals surface area contributed by atoms with E-state index in [-0.39, 0.29) is 18.4 Å². The summed E-state index contributed by atoms with van der Waals surface area (Å²) >= 11 is 0. The second-order valence-electron chi connectivity index (χ2n) is 4.93. The van der Waals surface area contributed by atoms with Crippen molar-refractivity contribution in [3.8, 4) is 0 Å². The van der Waals surface area contributed by atoms with E-state index in [0.717, 1.165) is 31.1 Å². The van der Waals surface area contributed by atoms with Gasteiger partial charge in [-0.1, -0.05) is 0 Å². The smallest absolute Gasteiger partial charge is 0.365 e. The molecule has 0 aliphatic carbocycles. The van der Waals surface area contributed by atoms with Crippen LogP contribution in [0.2, 0.25) is 0 Å². The Labute approximate surface area is 114 Å². The fourth-order valence-electron chi connectivity index (χ4n) is 2.37. The minimum Gasteiger partial charge on any atom is -0.466 e. The zero-order chi connectivity index (χ0) is 14.3. The molecular formula is C13H26N2O4+2. The molecule has 19 heavy (non-hydrogen) atoms. The minimum absolute atomic E-state index is 0.112. The third kappa shape index (κ3) is 5.16. The van der Waals surface area contributed by atoms with Crippen molar-refractivity contribution in [3.05, 3.63) is 0 Å². The molecule has 0 unspecified atom stereocenters. The van der Waals surface area contributed by atoms with Crippen molar-refractivity contribution >= 4 is 11.9 Å². The number of ether oxygens (including phenoxy) is 2. The number of nitrogens with one attached hydrogen (secondary N) is 2. The zero-order valence-electron chi connectivity index (χ0n) is 12.2. The molecule has 1 rings (SSSR count). The quantitative estimate of drug-likeness (QED) is 0.517. The van der Waals surface area contributed by atoms with Crippen LogP contribution in [0.1, 0.15) is 20.3 Å². The molecule has 0 aromatic rings. The topological polar surface area (TPSA) is 61.5 Å². The highest BCUT2D eigenvalue weighted by molar-refractivity contribution is 5.81. The standard InChI is InChI=1S/C13H24N2O4/c1-4-18-12(16)10-11(13(17)19-5-2)15-8-6-14(3)7-9-15/h11H,4-10H2,1-3H3/p+2/t11-/m1/s1. The molecule has 6 heteroatoms. The Balaban J connectivity index is 2.63. The van der Waals surface area contributed by atoms with E-state index in [1.54, 1.807) is 13.8 Å². The maximum atomic E-state index is 12.0. The molecule has 6 nitrogen and oxygen atoms in total. The average molecular weight is 274 g/mol. The molecule has 110 valence electrons. The van der Waals surface area contributed by atoms with Crippen molar-refractivity contribution in [2.75, 3.05) is 46.4 Å². The highest BCUT2D eigenvalue weighted by atomic mass is 16.5. The molecule has 0 bridgehead atoms. The number of quaternary nitrogens is 2. The summed E-state index contributed by atoms with van der Waals surface area (Å²) in [5, 5.41) is 0. The number of likely N-dealkylation sites (N-methyl/N-ethyl adjacent to an activating group) is 1. The van der Waals surface area contributed by atoms with E-state index in [1.165, 1.54) is 4.90 Å². The van der Waals surface area contributed by atoms with E-state index in [4.69, 9.17) is 9.47 Å². The van der Waals surface area contributed by atoms with Gasteiger partial charge in [-0.05, 0) is 13.8 Å². The van der Waals surface area contributed by atoms with E-state index < -0.39 is 6.04 Å². The van der Waals surface area contributed by atoms with Crippen molar-refractivity contribution in [3.63, 3.8) is 0 Å². The second-order valence-corrected chi connectivity index (χ2v) is 4.93. The Morgan fingerprint density at radius 3 is 2.16 bits per heavy atom. The summed E-state index contributed by atoms with van der Waals surface area (Å²) in [6.07, 6.45) is 0.112. The van der Waals surface area contributed by atoms with E-state index in [0.29, 0.717) is 13.2 Å². The number of carbonyl (C=O) groups excluding carboxylic acids is 2. The molecule has 1 atom stereocenters. The van der Waals surface area contributed by atoms with Crippen LogP contribution in [-0.4, -0.2) is 64.4 Å². The van der Waals surface area contributed by atoms with Crippen LogP contribution in [0, 0.1) is 0 Å². The van der Waals surface area contributed by atoms with Gasteiger partial charge >= 0.3 is 11.9 Å². The maximum Gasteiger partial charge on any atom is 0.365 e. The van der Waals surface area contributed by atoms with E-state index in [2.05, 4.69) is 7.05 Å². The highest BCUT2D eigenvalue weighted by Gasteiger charge is 2.36. The van der Waals surface area contributed by atoms with Gasteiger partial charge < -0.3 is 19.3 Å². The van der Waals surface area contributed by atoms with Crippen LogP contribution >= 0.6 is 0 Å². The van der Waals surface area contributed by atoms with Crippen molar-refractivity contribution < 1.29 is 28.9 Å². The first-order valence-corrected chi connectivity index (χ1v) is 7.06. The molecule has 2 N–H and O–H groups in total. The molecule has 0 saturated carbocycles. The minimum atomic E-state index is -0.424. The Hall–Kier alpha value is -1.14. The van der Waals surface area contributed by atoms with Gasteiger partial charge in [0.2, 0.25) is 0 Å². The van der Waals surface area contributed by atoms with Gasteiger partial charge in [0.05, 0.1) is 20.3 Å². The highest BCUT2D eigenvalue weighted by Crippen LogP contribution is 1.96. The molecule has 1 aliphatic heterocycles. The summed E-state index contributed by atoms with van der Waals surface area (Å²) < 4.78 is 10.0. The van der Waals surface area contributed by atoms with Crippen LogP contribution < -0.4 is 9.80 Å². The lowest BCUT2D eigenvalue weighted by molar-refractivity contribution is -1.01. The molecule has 1 saturated heterocycles. The molecule has 0 aromatic carbocycles. The van der Waals surface area contributed by atoms with Gasteiger partial charge in [-0.2, -0.15) is 0 Å². The summed E-state index contributed by atoms with van der Waals surface area (Å²) in [4.78, 5) is 26.2. The zero-order valence-corrected chi connectivity index (χ0v) is 12.2. The van der Waals surface area contributed by atoms with Crippen molar-refractivity contribution in [1.29, 1.82) is 0 Å². The van der Waals surface area contributed by atoms with Crippen LogP contribution in [-0.2, 0) is 19.1 Å². The Morgan fingerprint density at radius 2 is 1.63 bits per heavy atom. The fraction of sp³-hybridized carbons (Fsp3) is 0.846. The maximum absolute atomic E-state index is 12.0. The van der Waals surface area contributed by atoms with Crippen molar-refractivity contribution in [2.45, 2.75) is 26.3 Å². The van der Waals surface area contributed by atoms with Crippen LogP contribution in [0.15, 0.2) is 0 Å². The number of piperazine rings is 1. The van der Waals surface area contributed by atoms with E-state index >= 15 is 0 Å². The van der Waals surface area contributed by atoms with Gasteiger partial charge in [0.15, 0.2) is 6.04 Å². The first-order chi connectivity index (χ1) is 9.08. The molecule has 1 aliphatic rings. The lowest BCUT2D eigenvalue weighted by Gasteiger charge is -2.31. The van der Waals surface area contributed by atoms with Crippen LogP contribution in [0.3, 0.4) is 0 Å². The third-order valence-electron chi connectivity index (χ3n) is 3.49. The van der Waals surface area contributed by atoms with Crippen LogP contribution in [0.5, 0.6) is 0 Å². The first-order valence-electron chi connectivity index (χ1n) is 7.06. The Morgan fingerprint density at radius 1 is 1.05 bits per heavy atom. The molecule has 0 amide bonds. The summed E-state index contributed by atoms with van der Waals surface area (Å²) in [5.74, 6) is -0.607. The Bertz CT molecular complexity index is 301. The van der Waals surface area contributed by atoms with Crippen molar-refractivity contribution in [1.82, 2.24) is 0 Å². The monoisotopic (exact) mass is 274 g/mol. The lowest BCUT2D eigenvalue weighted by atomic mass is 10.1. The summed E-state index contributed by atoms with van der Waals surface area (Å²) in [6, 6.07) is -0.424. The number of hydrogen-bond donors (Lipinski definition) is 2. The van der Waals surface area contributed by atoms with Gasteiger partial charge in [0.1, 0.15) is 32.6 Å². The lowest BCUT2D eigenvalue weighted by Crippen LogP contribution is -3.29. The molecular weight excluding hydrogens is 248 g/mol. The molecule has 0 aromatic heterocycles. The van der Waals surface area contributed by atoms with Gasteiger partial charge in [0.25, 0.3) is 0 Å². The molecule has 0 radical (unpaired) electrons. The summed E-state index contributed by atoms with van der Waals surface area (Å²) in [7, 11) is 2.14. The molecule has 0 spiro atoms. The second kappa shape index (κ2) is 8.12. The van der Waals surface area contributed by atoms with Crippen LogP contribution in [0.4, 0.5) is 0 Å².